The molecule has 1 aromatic heterocycles. The van der Waals surface area contributed by atoms with Crippen LogP contribution in [0.25, 0.3) is 0 Å². The first-order chi connectivity index (χ1) is 7.82. The maximum atomic E-state index is 11.8. The third-order valence-electron chi connectivity index (χ3n) is 2.91. The van der Waals surface area contributed by atoms with Gasteiger partial charge in [-0.3, -0.25) is 0 Å². The summed E-state index contributed by atoms with van der Waals surface area (Å²) in [6, 6.07) is 0. The molecule has 2 heterocycles. The van der Waals surface area contributed by atoms with Gasteiger partial charge in [0.05, 0.1) is 17.0 Å². The number of aromatic nitrogens is 2. The smallest absolute Gasteiger partial charge is 0.340 e. The SMILES string of the molecule is CC(C)c1nnc(C(C)(C)C)c2c1COC2=O. The molecule has 92 valence electrons. The summed E-state index contributed by atoms with van der Waals surface area (Å²) in [6.45, 7) is 10.5. The highest BCUT2D eigenvalue weighted by Gasteiger charge is 2.34. The molecule has 2 rings (SSSR count). The highest BCUT2D eigenvalue weighted by Crippen LogP contribution is 2.33. The molecular weight excluding hydrogens is 216 g/mol. The molecule has 1 aliphatic heterocycles. The Labute approximate surface area is 101 Å². The quantitative estimate of drug-likeness (QED) is 0.701. The van der Waals surface area contributed by atoms with Crippen LogP contribution in [-0.2, 0) is 16.8 Å². The summed E-state index contributed by atoms with van der Waals surface area (Å²) >= 11 is 0. The highest BCUT2D eigenvalue weighted by atomic mass is 16.5. The van der Waals surface area contributed by atoms with Crippen LogP contribution in [0.3, 0.4) is 0 Å². The van der Waals surface area contributed by atoms with Crippen LogP contribution in [-0.4, -0.2) is 16.2 Å². The Morgan fingerprint density at radius 3 is 2.41 bits per heavy atom. The van der Waals surface area contributed by atoms with E-state index in [0.717, 1.165) is 17.0 Å². The number of rotatable bonds is 1. The normalized spacial score (nSPS) is 15.1. The maximum Gasteiger partial charge on any atom is 0.340 e. The molecular formula is C13H18N2O2. The fraction of sp³-hybridized carbons (Fsp3) is 0.615. The molecule has 0 saturated carbocycles. The first kappa shape index (κ1) is 12.0. The van der Waals surface area contributed by atoms with E-state index in [2.05, 4.69) is 10.2 Å². The second-order valence-corrected chi connectivity index (χ2v) is 5.77. The minimum absolute atomic E-state index is 0.198. The van der Waals surface area contributed by atoms with Gasteiger partial charge in [-0.1, -0.05) is 34.6 Å². The summed E-state index contributed by atoms with van der Waals surface area (Å²) in [7, 11) is 0. The average Bonchev–Trinajstić information content (AvgIpc) is 2.58. The lowest BCUT2D eigenvalue weighted by atomic mass is 9.86. The Morgan fingerprint density at radius 2 is 1.88 bits per heavy atom. The number of cyclic esters (lactones) is 1. The highest BCUT2D eigenvalue weighted by molar-refractivity contribution is 5.95. The topological polar surface area (TPSA) is 52.1 Å². The number of esters is 1. The number of fused-ring (bicyclic) bond motifs is 1. The lowest BCUT2D eigenvalue weighted by molar-refractivity contribution is 0.0532. The van der Waals surface area contributed by atoms with Crippen LogP contribution in [0.5, 0.6) is 0 Å². The second-order valence-electron chi connectivity index (χ2n) is 5.77. The molecule has 1 aromatic rings. The van der Waals surface area contributed by atoms with Crippen molar-refractivity contribution in [2.75, 3.05) is 0 Å². The molecule has 0 fully saturated rings. The monoisotopic (exact) mass is 234 g/mol. The van der Waals surface area contributed by atoms with Gasteiger partial charge in [-0.2, -0.15) is 10.2 Å². The van der Waals surface area contributed by atoms with E-state index in [9.17, 15) is 4.79 Å². The van der Waals surface area contributed by atoms with Crippen molar-refractivity contribution in [1.82, 2.24) is 10.2 Å². The molecule has 0 amide bonds. The molecule has 0 radical (unpaired) electrons. The third-order valence-corrected chi connectivity index (χ3v) is 2.91. The second kappa shape index (κ2) is 3.79. The molecule has 0 unspecified atom stereocenters. The van der Waals surface area contributed by atoms with Gasteiger partial charge in [-0.15, -0.1) is 0 Å². The van der Waals surface area contributed by atoms with E-state index in [4.69, 9.17) is 4.74 Å². The Morgan fingerprint density at radius 1 is 1.24 bits per heavy atom. The van der Waals surface area contributed by atoms with Crippen LogP contribution in [0.2, 0.25) is 0 Å². The number of nitrogens with zero attached hydrogens (tertiary/aromatic N) is 2. The predicted molar refractivity (Wildman–Crippen MR) is 63.9 cm³/mol. The molecule has 0 aliphatic carbocycles. The zero-order valence-corrected chi connectivity index (χ0v) is 11.0. The molecule has 4 heteroatoms. The number of hydrogen-bond donors (Lipinski definition) is 0. The zero-order valence-electron chi connectivity index (χ0n) is 11.0. The van der Waals surface area contributed by atoms with Crippen LogP contribution < -0.4 is 0 Å². The summed E-state index contributed by atoms with van der Waals surface area (Å²) in [5.41, 5.74) is 2.97. The van der Waals surface area contributed by atoms with Crippen molar-refractivity contribution in [3.05, 3.63) is 22.5 Å². The Kier molecular flexibility index (Phi) is 2.68. The van der Waals surface area contributed by atoms with Crippen molar-refractivity contribution in [2.24, 2.45) is 0 Å². The van der Waals surface area contributed by atoms with Crippen LogP contribution >= 0.6 is 0 Å². The first-order valence-electron chi connectivity index (χ1n) is 5.89. The maximum absolute atomic E-state index is 11.8. The van der Waals surface area contributed by atoms with Crippen molar-refractivity contribution in [3.63, 3.8) is 0 Å². The van der Waals surface area contributed by atoms with Gasteiger partial charge < -0.3 is 4.74 Å². The van der Waals surface area contributed by atoms with Crippen LogP contribution in [0.4, 0.5) is 0 Å². The first-order valence-corrected chi connectivity index (χ1v) is 5.89. The van der Waals surface area contributed by atoms with E-state index in [0.29, 0.717) is 12.2 Å². The number of carbonyl (C=O) groups is 1. The molecule has 0 spiro atoms. The van der Waals surface area contributed by atoms with Crippen LogP contribution in [0, 0.1) is 0 Å². The van der Waals surface area contributed by atoms with E-state index < -0.39 is 0 Å². The van der Waals surface area contributed by atoms with Gasteiger partial charge in [0.25, 0.3) is 0 Å². The summed E-state index contributed by atoms with van der Waals surface area (Å²) in [4.78, 5) is 11.8. The summed E-state index contributed by atoms with van der Waals surface area (Å²) in [5.74, 6) is -0.0125. The fourth-order valence-electron chi connectivity index (χ4n) is 2.05. The fourth-order valence-corrected chi connectivity index (χ4v) is 2.05. The standard InChI is InChI=1S/C13H18N2O2/c1-7(2)10-8-6-17-12(16)9(8)11(15-14-10)13(3,4)5/h7H,6H2,1-5H3. The average molecular weight is 234 g/mol. The zero-order chi connectivity index (χ0) is 12.8. The number of carbonyl (C=O) groups excluding carboxylic acids is 1. The van der Waals surface area contributed by atoms with Gasteiger partial charge in [-0.25, -0.2) is 4.79 Å². The minimum Gasteiger partial charge on any atom is -0.457 e. The Bertz CT molecular complexity index is 473. The molecule has 1 aliphatic rings. The molecule has 17 heavy (non-hydrogen) atoms. The predicted octanol–water partition coefficient (Wildman–Crippen LogP) is 2.57. The van der Waals surface area contributed by atoms with Gasteiger partial charge in [0.1, 0.15) is 6.61 Å². The van der Waals surface area contributed by atoms with Crippen molar-refractivity contribution in [2.45, 2.75) is 52.6 Å². The van der Waals surface area contributed by atoms with Gasteiger partial charge in [0, 0.05) is 11.0 Å². The molecule has 0 saturated heterocycles. The van der Waals surface area contributed by atoms with E-state index in [1.807, 2.05) is 34.6 Å². The van der Waals surface area contributed by atoms with E-state index in [1.54, 1.807) is 0 Å². The van der Waals surface area contributed by atoms with E-state index >= 15 is 0 Å². The largest absolute Gasteiger partial charge is 0.457 e. The van der Waals surface area contributed by atoms with E-state index in [1.165, 1.54) is 0 Å². The Balaban J connectivity index is 2.68. The van der Waals surface area contributed by atoms with Gasteiger partial charge in [0.2, 0.25) is 0 Å². The van der Waals surface area contributed by atoms with Gasteiger partial charge in [0.15, 0.2) is 0 Å². The van der Waals surface area contributed by atoms with Gasteiger partial charge >= 0.3 is 5.97 Å². The van der Waals surface area contributed by atoms with Crippen LogP contribution in [0.15, 0.2) is 0 Å². The van der Waals surface area contributed by atoms with Gasteiger partial charge in [-0.05, 0) is 5.92 Å². The van der Waals surface area contributed by atoms with E-state index in [-0.39, 0.29) is 17.3 Å². The summed E-state index contributed by atoms with van der Waals surface area (Å²) < 4.78 is 5.13. The molecule has 0 bridgehead atoms. The van der Waals surface area contributed by atoms with Crippen LogP contribution in [0.1, 0.15) is 67.8 Å². The minimum atomic E-state index is -0.262. The Hall–Kier alpha value is -1.45. The molecule has 0 atom stereocenters. The molecule has 0 N–H and O–H groups in total. The summed E-state index contributed by atoms with van der Waals surface area (Å²) in [5, 5.41) is 8.51. The molecule has 4 nitrogen and oxygen atoms in total. The van der Waals surface area contributed by atoms with Crippen molar-refractivity contribution in [1.29, 1.82) is 0 Å². The lowest BCUT2D eigenvalue weighted by Crippen LogP contribution is -2.21. The lowest BCUT2D eigenvalue weighted by Gasteiger charge is -2.20. The third kappa shape index (κ3) is 1.92. The number of hydrogen-bond acceptors (Lipinski definition) is 4. The van der Waals surface area contributed by atoms with Crippen molar-refractivity contribution >= 4 is 5.97 Å². The molecule has 0 aromatic carbocycles. The van der Waals surface area contributed by atoms with Crippen molar-refractivity contribution < 1.29 is 9.53 Å². The summed E-state index contributed by atoms with van der Waals surface area (Å²) in [6.07, 6.45) is 0. The van der Waals surface area contributed by atoms with Crippen molar-refractivity contribution in [3.8, 4) is 0 Å². The number of ether oxygens (including phenoxy) is 1.